The largest absolute Gasteiger partial charge is 0.299 e. The Kier molecular flexibility index (Phi) is 5.19. The van der Waals surface area contributed by atoms with E-state index < -0.39 is 0 Å². The van der Waals surface area contributed by atoms with Crippen LogP contribution in [0.2, 0.25) is 0 Å². The number of aromatic nitrogens is 2. The Hall–Kier alpha value is -2.60. The first-order valence-corrected chi connectivity index (χ1v) is 8.71. The second kappa shape index (κ2) is 7.53. The smallest absolute Gasteiger partial charge is 0.242 e. The summed E-state index contributed by atoms with van der Waals surface area (Å²) in [6, 6.07) is 15.6. The zero-order chi connectivity index (χ0) is 17.8. The molecule has 0 radical (unpaired) electrons. The fourth-order valence-electron chi connectivity index (χ4n) is 2.57. The van der Waals surface area contributed by atoms with Crippen molar-refractivity contribution in [3.63, 3.8) is 0 Å². The highest BCUT2D eigenvalue weighted by molar-refractivity contribution is 9.10. The molecule has 128 valence electrons. The first-order valence-electron chi connectivity index (χ1n) is 7.92. The first-order chi connectivity index (χ1) is 12.0. The molecule has 0 aliphatic carbocycles. The molecule has 0 aliphatic rings. The van der Waals surface area contributed by atoms with Gasteiger partial charge in [0.2, 0.25) is 5.91 Å². The minimum absolute atomic E-state index is 0.0845. The number of halogens is 1. The lowest BCUT2D eigenvalue weighted by Gasteiger charge is -2.10. The Bertz CT molecular complexity index is 904. The molecular weight excluding hydrogens is 380 g/mol. The van der Waals surface area contributed by atoms with Gasteiger partial charge in [-0.2, -0.15) is 5.10 Å². The van der Waals surface area contributed by atoms with E-state index in [0.29, 0.717) is 6.42 Å². The summed E-state index contributed by atoms with van der Waals surface area (Å²) in [6.07, 6.45) is 2.24. The maximum Gasteiger partial charge on any atom is 0.242 e. The lowest BCUT2D eigenvalue weighted by atomic mass is 10.1. The van der Waals surface area contributed by atoms with Crippen molar-refractivity contribution in [2.24, 2.45) is 7.05 Å². The lowest BCUT2D eigenvalue weighted by Crippen LogP contribution is -2.30. The summed E-state index contributed by atoms with van der Waals surface area (Å²) in [5.41, 5.74) is 10.5. The van der Waals surface area contributed by atoms with E-state index in [9.17, 15) is 4.79 Å². The van der Waals surface area contributed by atoms with Crippen LogP contribution in [-0.2, 0) is 18.3 Å². The van der Waals surface area contributed by atoms with Crippen molar-refractivity contribution < 1.29 is 4.79 Å². The molecule has 0 spiro atoms. The summed E-state index contributed by atoms with van der Waals surface area (Å²) in [6.45, 7) is 2.00. The summed E-state index contributed by atoms with van der Waals surface area (Å²) in [4.78, 5) is 12.2. The van der Waals surface area contributed by atoms with Crippen LogP contribution in [0.1, 0.15) is 11.1 Å². The fraction of sp³-hybridized carbons (Fsp3) is 0.158. The molecule has 3 rings (SSSR count). The van der Waals surface area contributed by atoms with Gasteiger partial charge in [0.15, 0.2) is 0 Å². The number of anilines is 1. The van der Waals surface area contributed by atoms with Gasteiger partial charge in [0.05, 0.1) is 16.6 Å². The standard InChI is InChI=1S/C19H19BrN4O/c1-13-6-3-4-7-14(13)11-18(25)22-21-16-9-5-8-15(10-16)19-17(20)12-24(2)23-19/h3-10,12,21H,11H2,1-2H3,(H,22,25). The van der Waals surface area contributed by atoms with E-state index in [4.69, 9.17) is 0 Å². The predicted octanol–water partition coefficient (Wildman–Crippen LogP) is 3.84. The van der Waals surface area contributed by atoms with Crippen LogP contribution in [-0.4, -0.2) is 15.7 Å². The number of hydrogen-bond acceptors (Lipinski definition) is 3. The number of hydrogen-bond donors (Lipinski definition) is 2. The van der Waals surface area contributed by atoms with E-state index in [1.165, 1.54) is 0 Å². The molecule has 3 aromatic rings. The Morgan fingerprint density at radius 1 is 1.20 bits per heavy atom. The third-order valence-corrected chi connectivity index (χ3v) is 4.46. The minimum Gasteiger partial charge on any atom is -0.299 e. The third kappa shape index (κ3) is 4.28. The van der Waals surface area contributed by atoms with Crippen molar-refractivity contribution in [2.45, 2.75) is 13.3 Å². The SMILES string of the molecule is Cc1ccccc1CC(=O)NNc1cccc(-c2nn(C)cc2Br)c1. The molecule has 1 heterocycles. The molecule has 6 heteroatoms. The highest BCUT2D eigenvalue weighted by atomic mass is 79.9. The molecule has 2 N–H and O–H groups in total. The van der Waals surface area contributed by atoms with E-state index >= 15 is 0 Å². The molecule has 25 heavy (non-hydrogen) atoms. The van der Waals surface area contributed by atoms with Crippen LogP contribution in [0, 0.1) is 6.92 Å². The average Bonchev–Trinajstić information content (AvgIpc) is 2.94. The van der Waals surface area contributed by atoms with E-state index in [-0.39, 0.29) is 5.91 Å². The maximum absolute atomic E-state index is 12.2. The van der Waals surface area contributed by atoms with Crippen molar-refractivity contribution in [3.05, 3.63) is 70.3 Å². The number of carbonyl (C=O) groups excluding carboxylic acids is 1. The van der Waals surface area contributed by atoms with Crippen molar-refractivity contribution in [1.29, 1.82) is 0 Å². The fourth-order valence-corrected chi connectivity index (χ4v) is 3.17. The van der Waals surface area contributed by atoms with Crippen molar-refractivity contribution >= 4 is 27.5 Å². The van der Waals surface area contributed by atoms with Gasteiger partial charge >= 0.3 is 0 Å². The van der Waals surface area contributed by atoms with Gasteiger partial charge in [0, 0.05) is 18.8 Å². The number of carbonyl (C=O) groups is 1. The Balaban J connectivity index is 1.66. The van der Waals surface area contributed by atoms with Crippen molar-refractivity contribution in [2.75, 3.05) is 5.43 Å². The second-order valence-electron chi connectivity index (χ2n) is 5.86. The number of nitrogens with zero attached hydrogens (tertiary/aromatic N) is 2. The molecule has 0 saturated heterocycles. The Morgan fingerprint density at radius 2 is 2.00 bits per heavy atom. The molecular formula is C19H19BrN4O. The second-order valence-corrected chi connectivity index (χ2v) is 6.71. The van der Waals surface area contributed by atoms with Gasteiger partial charge in [-0.15, -0.1) is 0 Å². The van der Waals surface area contributed by atoms with Gasteiger partial charge in [-0.05, 0) is 46.1 Å². The molecule has 1 amide bonds. The average molecular weight is 399 g/mol. The van der Waals surface area contributed by atoms with Gasteiger partial charge in [-0.25, -0.2) is 0 Å². The molecule has 0 bridgehead atoms. The Morgan fingerprint density at radius 3 is 2.72 bits per heavy atom. The van der Waals surface area contributed by atoms with Crippen molar-refractivity contribution in [1.82, 2.24) is 15.2 Å². The van der Waals surface area contributed by atoms with Crippen LogP contribution >= 0.6 is 15.9 Å². The quantitative estimate of drug-likeness (QED) is 0.641. The van der Waals surface area contributed by atoms with Crippen LogP contribution in [0.5, 0.6) is 0 Å². The van der Waals surface area contributed by atoms with E-state index in [1.807, 2.05) is 68.7 Å². The molecule has 2 aromatic carbocycles. The van der Waals surface area contributed by atoms with Gasteiger partial charge in [0.25, 0.3) is 0 Å². The summed E-state index contributed by atoms with van der Waals surface area (Å²) >= 11 is 3.51. The summed E-state index contributed by atoms with van der Waals surface area (Å²) in [5, 5.41) is 4.44. The molecule has 0 atom stereocenters. The zero-order valence-electron chi connectivity index (χ0n) is 14.1. The van der Waals surface area contributed by atoms with Crippen LogP contribution in [0.25, 0.3) is 11.3 Å². The van der Waals surface area contributed by atoms with Gasteiger partial charge in [-0.3, -0.25) is 20.3 Å². The number of hydrazine groups is 1. The summed E-state index contributed by atoms with van der Waals surface area (Å²) in [7, 11) is 1.88. The number of benzene rings is 2. The van der Waals surface area contributed by atoms with E-state index in [1.54, 1.807) is 4.68 Å². The van der Waals surface area contributed by atoms with Crippen molar-refractivity contribution in [3.8, 4) is 11.3 Å². The highest BCUT2D eigenvalue weighted by Crippen LogP contribution is 2.27. The van der Waals surface area contributed by atoms with E-state index in [0.717, 1.165) is 32.5 Å². The minimum atomic E-state index is -0.0845. The molecule has 0 unspecified atom stereocenters. The van der Waals surface area contributed by atoms with Gasteiger partial charge in [-0.1, -0.05) is 36.4 Å². The number of aryl methyl sites for hydroxylation is 2. The normalized spacial score (nSPS) is 10.5. The number of amides is 1. The van der Waals surface area contributed by atoms with Gasteiger partial charge < -0.3 is 0 Å². The number of rotatable bonds is 5. The summed E-state index contributed by atoms with van der Waals surface area (Å²) < 4.78 is 2.68. The maximum atomic E-state index is 12.2. The third-order valence-electron chi connectivity index (χ3n) is 3.88. The first kappa shape index (κ1) is 17.2. The van der Waals surface area contributed by atoms with Crippen LogP contribution in [0.15, 0.2) is 59.2 Å². The highest BCUT2D eigenvalue weighted by Gasteiger charge is 2.09. The van der Waals surface area contributed by atoms with Crippen LogP contribution in [0.3, 0.4) is 0 Å². The van der Waals surface area contributed by atoms with Crippen LogP contribution in [0.4, 0.5) is 5.69 Å². The zero-order valence-corrected chi connectivity index (χ0v) is 15.7. The van der Waals surface area contributed by atoms with E-state index in [2.05, 4.69) is 31.9 Å². The predicted molar refractivity (Wildman–Crippen MR) is 103 cm³/mol. The lowest BCUT2D eigenvalue weighted by molar-refractivity contribution is -0.119. The molecule has 0 saturated carbocycles. The number of nitrogens with one attached hydrogen (secondary N) is 2. The van der Waals surface area contributed by atoms with Crippen LogP contribution < -0.4 is 10.9 Å². The molecule has 1 aromatic heterocycles. The Labute approximate surface area is 155 Å². The topological polar surface area (TPSA) is 59.0 Å². The molecule has 0 aliphatic heterocycles. The monoisotopic (exact) mass is 398 g/mol. The summed E-state index contributed by atoms with van der Waals surface area (Å²) in [5.74, 6) is -0.0845. The van der Waals surface area contributed by atoms with Gasteiger partial charge in [0.1, 0.15) is 5.69 Å². The molecule has 5 nitrogen and oxygen atoms in total. The molecule has 0 fully saturated rings.